The van der Waals surface area contributed by atoms with E-state index in [0.29, 0.717) is 16.5 Å². The van der Waals surface area contributed by atoms with Gasteiger partial charge in [0.15, 0.2) is 5.13 Å². The average molecular weight is 437 g/mol. The van der Waals surface area contributed by atoms with E-state index >= 15 is 0 Å². The first-order valence-electron chi connectivity index (χ1n) is 9.33. The van der Waals surface area contributed by atoms with Crippen molar-refractivity contribution in [3.8, 4) is 11.5 Å². The van der Waals surface area contributed by atoms with E-state index < -0.39 is 0 Å². The number of amides is 1. The minimum absolute atomic E-state index is 0.0652. The molecule has 4 rings (SSSR count). The number of fused-ring (bicyclic) bond motifs is 1. The smallest absolute Gasteiger partial charge is 0.251 e. The van der Waals surface area contributed by atoms with Crippen LogP contribution in [0.1, 0.15) is 21.7 Å². The molecule has 3 N–H and O–H groups in total. The van der Waals surface area contributed by atoms with E-state index in [9.17, 15) is 9.59 Å². The largest absolute Gasteiger partial charge is 0.497 e. The zero-order valence-corrected chi connectivity index (χ0v) is 17.4. The molecule has 1 amide bonds. The third-order valence-electron chi connectivity index (χ3n) is 4.50. The number of nitrogens with zero attached hydrogens (tertiary/aromatic N) is 1. The number of carbonyl (C=O) groups excluding carboxylic acids is 1. The Bertz CT molecular complexity index is 1280. The van der Waals surface area contributed by atoms with E-state index in [2.05, 4.69) is 10.3 Å². The molecule has 4 aromatic rings. The summed E-state index contributed by atoms with van der Waals surface area (Å²) in [6, 6.07) is 13.8. The third-order valence-corrected chi connectivity index (χ3v) is 5.34. The van der Waals surface area contributed by atoms with Gasteiger partial charge in [0.05, 0.1) is 23.9 Å². The first kappa shape index (κ1) is 20.4. The fourth-order valence-electron chi connectivity index (χ4n) is 2.87. The molecule has 0 aliphatic rings. The van der Waals surface area contributed by atoms with Crippen LogP contribution in [-0.2, 0) is 13.2 Å². The number of aromatic nitrogens is 1. The summed E-state index contributed by atoms with van der Waals surface area (Å²) in [7, 11) is 1.59. The van der Waals surface area contributed by atoms with E-state index in [1.54, 1.807) is 25.3 Å². The number of methoxy groups -OCH3 is 1. The summed E-state index contributed by atoms with van der Waals surface area (Å²) in [4.78, 5) is 28.9. The highest BCUT2D eigenvalue weighted by Gasteiger charge is 2.11. The van der Waals surface area contributed by atoms with Crippen molar-refractivity contribution in [1.82, 2.24) is 10.3 Å². The molecular weight excluding hydrogens is 418 g/mol. The molecule has 0 saturated heterocycles. The van der Waals surface area contributed by atoms with Crippen molar-refractivity contribution in [2.24, 2.45) is 0 Å². The molecule has 0 unspecified atom stereocenters. The van der Waals surface area contributed by atoms with Gasteiger partial charge in [0, 0.05) is 11.6 Å². The third kappa shape index (κ3) is 4.84. The SMILES string of the molecule is COc1ccc(COc2coc(CNC(=O)c3ccc4nc(N)sc4c3)cc2=O)cc1. The number of nitrogen functional groups attached to an aromatic ring is 1. The molecule has 0 atom stereocenters. The van der Waals surface area contributed by atoms with Gasteiger partial charge in [-0.2, -0.15) is 0 Å². The Labute approximate surface area is 181 Å². The van der Waals surface area contributed by atoms with Crippen LogP contribution < -0.4 is 26.0 Å². The normalized spacial score (nSPS) is 10.7. The standard InChI is InChI=1S/C22H19N3O5S/c1-28-15-5-2-13(3-6-15)11-30-19-12-29-16(9-18(19)26)10-24-21(27)14-4-7-17-20(8-14)31-22(23)25-17/h2-9,12H,10-11H2,1H3,(H2,23,25)(H,24,27). The number of thiazole rings is 1. The van der Waals surface area contributed by atoms with Gasteiger partial charge in [0.2, 0.25) is 11.2 Å². The molecule has 0 saturated carbocycles. The summed E-state index contributed by atoms with van der Waals surface area (Å²) in [6.45, 7) is 0.283. The van der Waals surface area contributed by atoms with Crippen molar-refractivity contribution in [3.05, 3.63) is 81.9 Å². The fraction of sp³-hybridized carbons (Fsp3) is 0.136. The highest BCUT2D eigenvalue weighted by Crippen LogP contribution is 2.24. The van der Waals surface area contributed by atoms with Crippen LogP contribution in [-0.4, -0.2) is 18.0 Å². The minimum Gasteiger partial charge on any atom is -0.497 e. The first-order valence-corrected chi connectivity index (χ1v) is 10.1. The molecule has 2 heterocycles. The maximum Gasteiger partial charge on any atom is 0.251 e. The fourth-order valence-corrected chi connectivity index (χ4v) is 3.65. The molecule has 0 radical (unpaired) electrons. The molecule has 0 aliphatic carbocycles. The molecule has 158 valence electrons. The zero-order chi connectivity index (χ0) is 21.8. The number of hydrogen-bond acceptors (Lipinski definition) is 8. The van der Waals surface area contributed by atoms with E-state index in [4.69, 9.17) is 19.6 Å². The molecular formula is C22H19N3O5S. The van der Waals surface area contributed by atoms with Crippen LogP contribution in [0.4, 0.5) is 5.13 Å². The van der Waals surface area contributed by atoms with Crippen molar-refractivity contribution in [1.29, 1.82) is 0 Å². The summed E-state index contributed by atoms with van der Waals surface area (Å²) in [6.07, 6.45) is 1.25. The zero-order valence-electron chi connectivity index (χ0n) is 16.6. The number of nitrogens with two attached hydrogens (primary N) is 1. The van der Waals surface area contributed by atoms with Gasteiger partial charge in [0.1, 0.15) is 24.4 Å². The van der Waals surface area contributed by atoms with Gasteiger partial charge in [-0.3, -0.25) is 9.59 Å². The topological polar surface area (TPSA) is 117 Å². The number of hydrogen-bond donors (Lipinski definition) is 2. The van der Waals surface area contributed by atoms with Gasteiger partial charge in [-0.25, -0.2) is 4.98 Å². The Hall–Kier alpha value is -3.85. The van der Waals surface area contributed by atoms with Gasteiger partial charge < -0.3 is 24.9 Å². The number of benzene rings is 2. The van der Waals surface area contributed by atoms with Crippen LogP contribution in [0.5, 0.6) is 11.5 Å². The summed E-state index contributed by atoms with van der Waals surface area (Å²) in [5.74, 6) is 0.861. The molecule has 0 bridgehead atoms. The predicted octanol–water partition coefficient (Wildman–Crippen LogP) is 3.35. The van der Waals surface area contributed by atoms with Gasteiger partial charge >= 0.3 is 0 Å². The molecule has 8 nitrogen and oxygen atoms in total. The highest BCUT2D eigenvalue weighted by atomic mass is 32.1. The van der Waals surface area contributed by atoms with E-state index in [1.807, 2.05) is 24.3 Å². The lowest BCUT2D eigenvalue weighted by atomic mass is 10.2. The van der Waals surface area contributed by atoms with Crippen molar-refractivity contribution < 1.29 is 18.7 Å². The lowest BCUT2D eigenvalue weighted by molar-refractivity contribution is 0.0948. The second kappa shape index (κ2) is 8.88. The maximum atomic E-state index is 12.4. The molecule has 9 heteroatoms. The Balaban J connectivity index is 1.35. The molecule has 31 heavy (non-hydrogen) atoms. The molecule has 0 aliphatic heterocycles. The van der Waals surface area contributed by atoms with Crippen LogP contribution in [0, 0.1) is 0 Å². The van der Waals surface area contributed by atoms with Gasteiger partial charge in [-0.15, -0.1) is 0 Å². The summed E-state index contributed by atoms with van der Waals surface area (Å²) in [5, 5.41) is 3.18. The Morgan fingerprint density at radius 2 is 2.00 bits per heavy atom. The molecule has 2 aromatic carbocycles. The van der Waals surface area contributed by atoms with Crippen molar-refractivity contribution in [2.45, 2.75) is 13.2 Å². The lowest BCUT2D eigenvalue weighted by Gasteiger charge is -2.08. The predicted molar refractivity (Wildman–Crippen MR) is 118 cm³/mol. The number of rotatable bonds is 7. The number of anilines is 1. The number of ether oxygens (including phenoxy) is 2. The van der Waals surface area contributed by atoms with E-state index in [1.165, 1.54) is 23.7 Å². The quantitative estimate of drug-likeness (QED) is 0.455. The summed E-state index contributed by atoms with van der Waals surface area (Å²) < 4.78 is 16.9. The Morgan fingerprint density at radius 1 is 1.19 bits per heavy atom. The van der Waals surface area contributed by atoms with Crippen LogP contribution in [0.15, 0.2) is 64.0 Å². The average Bonchev–Trinajstić information content (AvgIpc) is 3.16. The Kier molecular flexibility index (Phi) is 5.85. The molecule has 2 aromatic heterocycles. The van der Waals surface area contributed by atoms with Gasteiger partial charge in [-0.05, 0) is 35.9 Å². The maximum absolute atomic E-state index is 12.4. The first-order chi connectivity index (χ1) is 15.0. The second-order valence-electron chi connectivity index (χ2n) is 6.63. The Morgan fingerprint density at radius 3 is 2.74 bits per heavy atom. The molecule has 0 fully saturated rings. The van der Waals surface area contributed by atoms with Crippen molar-refractivity contribution in [3.63, 3.8) is 0 Å². The van der Waals surface area contributed by atoms with Gasteiger partial charge in [-0.1, -0.05) is 23.5 Å². The second-order valence-corrected chi connectivity index (χ2v) is 7.69. The van der Waals surface area contributed by atoms with Crippen molar-refractivity contribution >= 4 is 32.6 Å². The van der Waals surface area contributed by atoms with E-state index in [-0.39, 0.29) is 30.2 Å². The lowest BCUT2D eigenvalue weighted by Crippen LogP contribution is -2.23. The van der Waals surface area contributed by atoms with Crippen LogP contribution >= 0.6 is 11.3 Å². The highest BCUT2D eigenvalue weighted by molar-refractivity contribution is 7.22. The number of carbonyl (C=O) groups is 1. The molecule has 0 spiro atoms. The van der Waals surface area contributed by atoms with Crippen LogP contribution in [0.3, 0.4) is 0 Å². The van der Waals surface area contributed by atoms with E-state index in [0.717, 1.165) is 21.5 Å². The van der Waals surface area contributed by atoms with Crippen molar-refractivity contribution in [2.75, 3.05) is 12.8 Å². The van der Waals surface area contributed by atoms with Crippen LogP contribution in [0.25, 0.3) is 10.2 Å². The summed E-state index contributed by atoms with van der Waals surface area (Å²) >= 11 is 1.31. The number of nitrogens with one attached hydrogen (secondary N) is 1. The minimum atomic E-state index is -0.328. The van der Waals surface area contributed by atoms with Crippen LogP contribution in [0.2, 0.25) is 0 Å². The summed E-state index contributed by atoms with van der Waals surface area (Å²) in [5.41, 5.74) is 7.47. The monoisotopic (exact) mass is 437 g/mol. The van der Waals surface area contributed by atoms with Gasteiger partial charge in [0.25, 0.3) is 5.91 Å².